The third kappa shape index (κ3) is 5.06. The van der Waals surface area contributed by atoms with Gasteiger partial charge in [-0.15, -0.1) is 11.3 Å². The highest BCUT2D eigenvalue weighted by Crippen LogP contribution is 2.26. The summed E-state index contributed by atoms with van der Waals surface area (Å²) in [5.41, 5.74) is 2.87. The lowest BCUT2D eigenvalue weighted by atomic mass is 9.98. The van der Waals surface area contributed by atoms with Crippen LogP contribution in [0.4, 0.5) is 10.8 Å². The molecule has 2 aromatic rings. The van der Waals surface area contributed by atoms with Gasteiger partial charge in [0.05, 0.1) is 5.69 Å². The van der Waals surface area contributed by atoms with E-state index in [2.05, 4.69) is 36.4 Å². The number of unbranched alkanes of at least 4 members (excludes halogenated alkanes) is 1. The molecule has 0 spiro atoms. The SMILES string of the molecule is CCCCC(CC)C(=O)Nc1ccc(-c2csc(NCC)n2)cc1. The molecule has 1 unspecified atom stereocenters. The lowest BCUT2D eigenvalue weighted by Crippen LogP contribution is -2.22. The summed E-state index contributed by atoms with van der Waals surface area (Å²) in [4.78, 5) is 16.9. The zero-order valence-electron chi connectivity index (χ0n) is 14.8. The van der Waals surface area contributed by atoms with Crippen molar-refractivity contribution in [2.45, 2.75) is 46.5 Å². The fourth-order valence-electron chi connectivity index (χ4n) is 2.58. The van der Waals surface area contributed by atoms with E-state index in [9.17, 15) is 4.79 Å². The van der Waals surface area contributed by atoms with Crippen molar-refractivity contribution in [2.75, 3.05) is 17.2 Å². The maximum atomic E-state index is 12.3. The number of benzene rings is 1. The van der Waals surface area contributed by atoms with Gasteiger partial charge in [0, 0.05) is 29.1 Å². The third-order valence-corrected chi connectivity index (χ3v) is 4.85. The summed E-state index contributed by atoms with van der Waals surface area (Å²) in [5.74, 6) is 0.229. The lowest BCUT2D eigenvalue weighted by molar-refractivity contribution is -0.120. The minimum Gasteiger partial charge on any atom is -0.362 e. The van der Waals surface area contributed by atoms with Crippen LogP contribution in [-0.4, -0.2) is 17.4 Å². The molecular formula is C19H27N3OS. The van der Waals surface area contributed by atoms with Crippen LogP contribution in [0, 0.1) is 5.92 Å². The Bertz CT molecular complexity index is 636. The van der Waals surface area contributed by atoms with Crippen molar-refractivity contribution < 1.29 is 4.79 Å². The summed E-state index contributed by atoms with van der Waals surface area (Å²) >= 11 is 1.61. The highest BCUT2D eigenvalue weighted by atomic mass is 32.1. The van der Waals surface area contributed by atoms with Crippen LogP contribution in [0.2, 0.25) is 0 Å². The molecule has 2 rings (SSSR count). The van der Waals surface area contributed by atoms with E-state index in [0.717, 1.165) is 54.3 Å². The van der Waals surface area contributed by atoms with Gasteiger partial charge in [-0.2, -0.15) is 0 Å². The van der Waals surface area contributed by atoms with Crippen molar-refractivity contribution >= 4 is 28.1 Å². The van der Waals surface area contributed by atoms with Crippen LogP contribution in [0.3, 0.4) is 0 Å². The molecule has 5 heteroatoms. The topological polar surface area (TPSA) is 54.0 Å². The van der Waals surface area contributed by atoms with Crippen molar-refractivity contribution in [3.05, 3.63) is 29.6 Å². The number of aromatic nitrogens is 1. The number of carbonyl (C=O) groups excluding carboxylic acids is 1. The van der Waals surface area contributed by atoms with Gasteiger partial charge in [-0.3, -0.25) is 4.79 Å². The first-order chi connectivity index (χ1) is 11.7. The predicted octanol–water partition coefficient (Wildman–Crippen LogP) is 5.40. The summed E-state index contributed by atoms with van der Waals surface area (Å²) in [7, 11) is 0. The molecule has 24 heavy (non-hydrogen) atoms. The fraction of sp³-hybridized carbons (Fsp3) is 0.474. The van der Waals surface area contributed by atoms with Gasteiger partial charge >= 0.3 is 0 Å². The molecule has 4 nitrogen and oxygen atoms in total. The number of nitrogens with one attached hydrogen (secondary N) is 2. The number of anilines is 2. The summed E-state index contributed by atoms with van der Waals surface area (Å²) in [6.07, 6.45) is 4.07. The van der Waals surface area contributed by atoms with E-state index in [4.69, 9.17) is 0 Å². The van der Waals surface area contributed by atoms with E-state index in [1.165, 1.54) is 0 Å². The van der Waals surface area contributed by atoms with Crippen molar-refractivity contribution in [2.24, 2.45) is 5.92 Å². The van der Waals surface area contributed by atoms with Crippen LogP contribution >= 0.6 is 11.3 Å². The first kappa shape index (κ1) is 18.5. The summed E-state index contributed by atoms with van der Waals surface area (Å²) in [5, 5.41) is 9.24. The quantitative estimate of drug-likeness (QED) is 0.640. The van der Waals surface area contributed by atoms with E-state index >= 15 is 0 Å². The summed E-state index contributed by atoms with van der Waals surface area (Å²) in [6.45, 7) is 7.16. The van der Waals surface area contributed by atoms with E-state index in [-0.39, 0.29) is 11.8 Å². The van der Waals surface area contributed by atoms with E-state index in [0.29, 0.717) is 0 Å². The van der Waals surface area contributed by atoms with Gasteiger partial charge in [0.25, 0.3) is 0 Å². The molecule has 1 heterocycles. The minimum absolute atomic E-state index is 0.103. The molecule has 0 fully saturated rings. The molecule has 1 atom stereocenters. The molecule has 1 amide bonds. The number of nitrogens with zero attached hydrogens (tertiary/aromatic N) is 1. The number of rotatable bonds is 9. The Balaban J connectivity index is 1.99. The fourth-order valence-corrected chi connectivity index (χ4v) is 3.37. The highest BCUT2D eigenvalue weighted by Gasteiger charge is 2.15. The Morgan fingerprint density at radius 2 is 1.96 bits per heavy atom. The van der Waals surface area contributed by atoms with E-state index < -0.39 is 0 Å². The minimum atomic E-state index is 0.103. The predicted molar refractivity (Wildman–Crippen MR) is 104 cm³/mol. The van der Waals surface area contributed by atoms with Crippen LogP contribution in [-0.2, 0) is 4.79 Å². The van der Waals surface area contributed by atoms with Crippen LogP contribution in [0.15, 0.2) is 29.6 Å². The maximum absolute atomic E-state index is 12.3. The van der Waals surface area contributed by atoms with Crippen LogP contribution in [0.1, 0.15) is 46.5 Å². The molecular weight excluding hydrogens is 318 g/mol. The second-order valence-corrected chi connectivity index (χ2v) is 6.74. The van der Waals surface area contributed by atoms with Gasteiger partial charge in [0.2, 0.25) is 5.91 Å². The van der Waals surface area contributed by atoms with Crippen molar-refractivity contribution in [3.8, 4) is 11.3 Å². The van der Waals surface area contributed by atoms with E-state index in [1.807, 2.05) is 29.6 Å². The summed E-state index contributed by atoms with van der Waals surface area (Å²) in [6, 6.07) is 7.92. The van der Waals surface area contributed by atoms with Crippen LogP contribution < -0.4 is 10.6 Å². The second-order valence-electron chi connectivity index (χ2n) is 5.88. The standard InChI is InChI=1S/C19H27N3OS/c1-4-7-8-14(5-2)18(23)21-16-11-9-15(10-12-16)17-13-24-19(22-17)20-6-3/h9-14H,4-8H2,1-3H3,(H,20,22)(H,21,23). The molecule has 0 saturated heterocycles. The maximum Gasteiger partial charge on any atom is 0.227 e. The molecule has 0 radical (unpaired) electrons. The van der Waals surface area contributed by atoms with Gasteiger partial charge < -0.3 is 10.6 Å². The second kappa shape index (κ2) is 9.42. The molecule has 2 N–H and O–H groups in total. The van der Waals surface area contributed by atoms with Crippen LogP contribution in [0.25, 0.3) is 11.3 Å². The van der Waals surface area contributed by atoms with Gasteiger partial charge in [0.1, 0.15) is 0 Å². The Morgan fingerprint density at radius 3 is 2.58 bits per heavy atom. The van der Waals surface area contributed by atoms with Crippen molar-refractivity contribution in [3.63, 3.8) is 0 Å². The number of hydrogen-bond donors (Lipinski definition) is 2. The number of thiazole rings is 1. The molecule has 0 bridgehead atoms. The van der Waals surface area contributed by atoms with Gasteiger partial charge in [-0.1, -0.05) is 38.8 Å². The first-order valence-corrected chi connectivity index (χ1v) is 9.66. The Morgan fingerprint density at radius 1 is 1.21 bits per heavy atom. The summed E-state index contributed by atoms with van der Waals surface area (Å²) < 4.78 is 0. The zero-order chi connectivity index (χ0) is 17.4. The Labute approximate surface area is 148 Å². The number of hydrogen-bond acceptors (Lipinski definition) is 4. The first-order valence-electron chi connectivity index (χ1n) is 8.78. The molecule has 130 valence electrons. The Hall–Kier alpha value is -1.88. The molecule has 0 aliphatic rings. The van der Waals surface area contributed by atoms with Crippen molar-refractivity contribution in [1.82, 2.24) is 4.98 Å². The normalized spacial score (nSPS) is 12.0. The van der Waals surface area contributed by atoms with Crippen molar-refractivity contribution in [1.29, 1.82) is 0 Å². The highest BCUT2D eigenvalue weighted by molar-refractivity contribution is 7.14. The van der Waals surface area contributed by atoms with Crippen LogP contribution in [0.5, 0.6) is 0 Å². The molecule has 0 aliphatic heterocycles. The molecule has 0 aliphatic carbocycles. The third-order valence-electron chi connectivity index (χ3n) is 4.05. The van der Waals surface area contributed by atoms with Gasteiger partial charge in [0.15, 0.2) is 5.13 Å². The van der Waals surface area contributed by atoms with Gasteiger partial charge in [-0.05, 0) is 31.9 Å². The largest absolute Gasteiger partial charge is 0.362 e. The molecule has 1 aromatic carbocycles. The van der Waals surface area contributed by atoms with Gasteiger partial charge in [-0.25, -0.2) is 4.98 Å². The molecule has 1 aromatic heterocycles. The average Bonchev–Trinajstić information content (AvgIpc) is 3.05. The zero-order valence-corrected chi connectivity index (χ0v) is 15.6. The monoisotopic (exact) mass is 345 g/mol. The lowest BCUT2D eigenvalue weighted by Gasteiger charge is -2.14. The smallest absolute Gasteiger partial charge is 0.227 e. The average molecular weight is 346 g/mol. The Kier molecular flexibility index (Phi) is 7.25. The van der Waals surface area contributed by atoms with E-state index in [1.54, 1.807) is 11.3 Å². The molecule has 0 saturated carbocycles. The number of amides is 1. The number of carbonyl (C=O) groups is 1.